The van der Waals surface area contributed by atoms with Gasteiger partial charge in [0, 0.05) is 28.8 Å². The Bertz CT molecular complexity index is 533. The van der Waals surface area contributed by atoms with Gasteiger partial charge >= 0.3 is 0 Å². The molecule has 0 N–H and O–H groups in total. The molecule has 0 aromatic heterocycles. The van der Waals surface area contributed by atoms with Gasteiger partial charge in [0.1, 0.15) is 0 Å². The Morgan fingerprint density at radius 3 is 3.23 bits per heavy atom. The third-order valence-corrected chi connectivity index (χ3v) is 2.35. The van der Waals surface area contributed by atoms with Crippen molar-refractivity contribution in [2.24, 2.45) is 0 Å². The highest BCUT2D eigenvalue weighted by molar-refractivity contribution is 5.91. The van der Waals surface area contributed by atoms with E-state index in [0.717, 1.165) is 17.4 Å². The average Bonchev–Trinajstić information content (AvgIpc) is 2.19. The maximum Gasteiger partial charge on any atom is 0.0417 e. The Morgan fingerprint density at radius 2 is 2.23 bits per heavy atom. The molecule has 1 aliphatic carbocycles. The summed E-state index contributed by atoms with van der Waals surface area (Å²) in [5.74, 6) is 6.24. The predicted octanol–water partition coefficient (Wildman–Crippen LogP) is 2.35. The molecule has 1 aliphatic rings. The van der Waals surface area contributed by atoms with Crippen molar-refractivity contribution in [1.82, 2.24) is 0 Å². The Balaban J connectivity index is 2.58. The van der Waals surface area contributed by atoms with Crippen LogP contribution in [0.2, 0.25) is 0 Å². The molecular weight excluding hydrogens is 156 g/mol. The molecule has 0 bridgehead atoms. The van der Waals surface area contributed by atoms with Gasteiger partial charge < -0.3 is 0 Å². The SMILES string of the molecule is C1#Cc2cc#cc3cccc(c23)C1. The zero-order valence-electron chi connectivity index (χ0n) is 7.02. The molecule has 0 radical (unpaired) electrons. The van der Waals surface area contributed by atoms with Gasteiger partial charge in [-0.25, -0.2) is 0 Å². The summed E-state index contributed by atoms with van der Waals surface area (Å²) < 4.78 is 0. The first-order chi connectivity index (χ1) is 6.45. The Hall–Kier alpha value is -1.92. The molecule has 0 atom stereocenters. The molecule has 0 spiro atoms. The molecule has 0 amide bonds. The van der Waals surface area contributed by atoms with Crippen molar-refractivity contribution >= 4 is 10.8 Å². The molecule has 0 fully saturated rings. The van der Waals surface area contributed by atoms with Crippen LogP contribution in [0.25, 0.3) is 10.8 Å². The molecule has 0 saturated carbocycles. The molecule has 0 nitrogen and oxygen atoms in total. The van der Waals surface area contributed by atoms with Crippen LogP contribution in [0.4, 0.5) is 0 Å². The van der Waals surface area contributed by atoms with Crippen LogP contribution in [0, 0.1) is 24.0 Å². The maximum atomic E-state index is 3.13. The van der Waals surface area contributed by atoms with Crippen molar-refractivity contribution in [3.05, 3.63) is 47.5 Å². The smallest absolute Gasteiger partial charge is 0.0417 e. The number of hydrogen-bond acceptors (Lipinski definition) is 0. The molecule has 2 aromatic carbocycles. The van der Waals surface area contributed by atoms with Crippen LogP contribution in [0.15, 0.2) is 24.3 Å². The van der Waals surface area contributed by atoms with E-state index in [-0.39, 0.29) is 0 Å². The molecule has 58 valence electrons. The van der Waals surface area contributed by atoms with Gasteiger partial charge in [-0.3, -0.25) is 0 Å². The minimum Gasteiger partial charge on any atom is -0.0930 e. The fraction of sp³-hybridized carbons (Fsp3) is 0.0769. The lowest BCUT2D eigenvalue weighted by Crippen LogP contribution is -1.91. The van der Waals surface area contributed by atoms with Crippen LogP contribution in [0.5, 0.6) is 0 Å². The number of hydrogen-bond donors (Lipinski definition) is 0. The minimum absolute atomic E-state index is 0.863. The van der Waals surface area contributed by atoms with Gasteiger partial charge in [0.2, 0.25) is 0 Å². The Morgan fingerprint density at radius 1 is 1.23 bits per heavy atom. The summed E-state index contributed by atoms with van der Waals surface area (Å²) in [6, 6.07) is 14.3. The quantitative estimate of drug-likeness (QED) is 0.521. The monoisotopic (exact) mass is 162 g/mol. The van der Waals surface area contributed by atoms with E-state index in [0.29, 0.717) is 0 Å². The lowest BCUT2D eigenvalue weighted by Gasteiger charge is -2.06. The van der Waals surface area contributed by atoms with Crippen molar-refractivity contribution in [1.29, 1.82) is 0 Å². The van der Waals surface area contributed by atoms with Gasteiger partial charge in [-0.2, -0.15) is 0 Å². The largest absolute Gasteiger partial charge is 0.0930 e. The van der Waals surface area contributed by atoms with Crippen LogP contribution in [0.1, 0.15) is 11.1 Å². The zero-order chi connectivity index (χ0) is 8.67. The molecule has 0 saturated heterocycles. The first kappa shape index (κ1) is 6.58. The predicted molar refractivity (Wildman–Crippen MR) is 52.2 cm³/mol. The molecular formula is C13H6. The van der Waals surface area contributed by atoms with Crippen LogP contribution in [-0.4, -0.2) is 0 Å². The molecule has 3 rings (SSSR count). The van der Waals surface area contributed by atoms with E-state index < -0.39 is 0 Å². The summed E-state index contributed by atoms with van der Waals surface area (Å²) in [6.45, 7) is 0. The topological polar surface area (TPSA) is 0 Å². The first-order valence-electron chi connectivity index (χ1n) is 4.28. The van der Waals surface area contributed by atoms with E-state index in [1.807, 2.05) is 6.07 Å². The van der Waals surface area contributed by atoms with E-state index in [1.165, 1.54) is 10.9 Å². The Labute approximate surface area is 77.2 Å². The minimum atomic E-state index is 0.863. The van der Waals surface area contributed by atoms with E-state index >= 15 is 0 Å². The highest BCUT2D eigenvalue weighted by Gasteiger charge is 2.05. The van der Waals surface area contributed by atoms with Crippen molar-refractivity contribution in [3.63, 3.8) is 0 Å². The van der Waals surface area contributed by atoms with E-state index in [9.17, 15) is 0 Å². The maximum absolute atomic E-state index is 3.13. The van der Waals surface area contributed by atoms with E-state index in [4.69, 9.17) is 0 Å². The lowest BCUT2D eigenvalue weighted by atomic mass is 9.96. The molecule has 0 unspecified atom stereocenters. The van der Waals surface area contributed by atoms with Crippen LogP contribution >= 0.6 is 0 Å². The highest BCUT2D eigenvalue weighted by atomic mass is 14.1. The summed E-state index contributed by atoms with van der Waals surface area (Å²) in [5, 5.41) is 2.39. The molecule has 13 heavy (non-hydrogen) atoms. The fourth-order valence-electron chi connectivity index (χ4n) is 1.76. The number of benzene rings is 1. The van der Waals surface area contributed by atoms with Crippen molar-refractivity contribution in [3.8, 4) is 11.8 Å². The molecule has 2 aromatic rings. The summed E-state index contributed by atoms with van der Waals surface area (Å²) in [5.41, 5.74) is 2.41. The molecule has 0 heterocycles. The van der Waals surface area contributed by atoms with Crippen LogP contribution in [0.3, 0.4) is 0 Å². The van der Waals surface area contributed by atoms with Gasteiger partial charge in [-0.05, 0) is 11.6 Å². The second-order valence-electron chi connectivity index (χ2n) is 3.15. The standard InChI is InChI=1S/C13H6/c1-4-10-6-2-8-12-9-3-7-11(5-1)13(10)12/h1,4-5,9H,6H2. The third-order valence-electron chi connectivity index (χ3n) is 2.35. The third kappa shape index (κ3) is 0.835. The van der Waals surface area contributed by atoms with Crippen molar-refractivity contribution in [2.45, 2.75) is 6.42 Å². The van der Waals surface area contributed by atoms with Gasteiger partial charge in [0.15, 0.2) is 0 Å². The van der Waals surface area contributed by atoms with Gasteiger partial charge in [-0.1, -0.05) is 36.1 Å². The zero-order valence-corrected chi connectivity index (χ0v) is 7.02. The summed E-state index contributed by atoms with van der Waals surface area (Å²) in [4.78, 5) is 0. The van der Waals surface area contributed by atoms with Gasteiger partial charge in [0.25, 0.3) is 0 Å². The van der Waals surface area contributed by atoms with Crippen LogP contribution in [-0.2, 0) is 6.42 Å². The molecule has 0 heteroatoms. The summed E-state index contributed by atoms with van der Waals surface area (Å²) >= 11 is 0. The lowest BCUT2D eigenvalue weighted by molar-refractivity contribution is 1.34. The second kappa shape index (κ2) is 2.28. The number of rotatable bonds is 0. The normalized spacial score (nSPS) is 11.7. The molecule has 0 aliphatic heterocycles. The second-order valence-corrected chi connectivity index (χ2v) is 3.15. The Kier molecular flexibility index (Phi) is 1.16. The van der Waals surface area contributed by atoms with E-state index in [1.54, 1.807) is 0 Å². The van der Waals surface area contributed by atoms with Crippen molar-refractivity contribution < 1.29 is 0 Å². The van der Waals surface area contributed by atoms with Crippen LogP contribution < -0.4 is 0 Å². The summed E-state index contributed by atoms with van der Waals surface area (Å²) in [7, 11) is 0. The van der Waals surface area contributed by atoms with E-state index in [2.05, 4.69) is 42.2 Å². The highest BCUT2D eigenvalue weighted by Crippen LogP contribution is 2.22. The van der Waals surface area contributed by atoms with Gasteiger partial charge in [0.05, 0.1) is 0 Å². The first-order valence-corrected chi connectivity index (χ1v) is 4.28. The van der Waals surface area contributed by atoms with Gasteiger partial charge in [-0.15, -0.1) is 0 Å². The van der Waals surface area contributed by atoms with Crippen molar-refractivity contribution in [2.75, 3.05) is 0 Å². The fourth-order valence-corrected chi connectivity index (χ4v) is 1.76. The average molecular weight is 162 g/mol. The summed E-state index contributed by atoms with van der Waals surface area (Å²) in [6.07, 6.45) is 0.863.